The zero-order chi connectivity index (χ0) is 14.8. The van der Waals surface area contributed by atoms with Crippen LogP contribution in [0.3, 0.4) is 0 Å². The normalized spacial score (nSPS) is 28.4. The number of likely N-dealkylation sites (tertiary alicyclic amines) is 1. The number of hydrogen-bond acceptors (Lipinski definition) is 4. The van der Waals surface area contributed by atoms with Crippen molar-refractivity contribution in [1.82, 2.24) is 4.90 Å². The van der Waals surface area contributed by atoms with E-state index in [0.29, 0.717) is 19.8 Å². The standard InChI is InChI=1S/C15H25NO4/c1-14(2,3)20-13(18)16-8-4-7-15(16,11-17)12-5-9-19-10-6-12/h11-12H,4-10H2,1-3H3. The third kappa shape index (κ3) is 2.97. The summed E-state index contributed by atoms with van der Waals surface area (Å²) in [5, 5.41) is 0. The van der Waals surface area contributed by atoms with Gasteiger partial charge in [-0.3, -0.25) is 4.90 Å². The molecular formula is C15H25NO4. The average Bonchev–Trinajstić information content (AvgIpc) is 2.83. The first-order chi connectivity index (χ1) is 9.39. The SMILES string of the molecule is CC(C)(C)OC(=O)N1CCCC1(C=O)C1CCOCC1. The van der Waals surface area contributed by atoms with Crippen molar-refractivity contribution in [3.05, 3.63) is 0 Å². The van der Waals surface area contributed by atoms with Gasteiger partial charge in [-0.1, -0.05) is 0 Å². The van der Waals surface area contributed by atoms with E-state index in [9.17, 15) is 9.59 Å². The third-order valence-electron chi connectivity index (χ3n) is 4.21. The minimum Gasteiger partial charge on any atom is -0.444 e. The summed E-state index contributed by atoms with van der Waals surface area (Å²) in [6.45, 7) is 7.48. The molecule has 2 fully saturated rings. The average molecular weight is 283 g/mol. The summed E-state index contributed by atoms with van der Waals surface area (Å²) < 4.78 is 10.8. The van der Waals surface area contributed by atoms with Gasteiger partial charge in [0.05, 0.1) is 0 Å². The van der Waals surface area contributed by atoms with Crippen LogP contribution in [-0.2, 0) is 14.3 Å². The molecule has 20 heavy (non-hydrogen) atoms. The van der Waals surface area contributed by atoms with Gasteiger partial charge >= 0.3 is 6.09 Å². The molecule has 1 unspecified atom stereocenters. The molecule has 2 aliphatic rings. The van der Waals surface area contributed by atoms with Crippen molar-refractivity contribution in [3.63, 3.8) is 0 Å². The highest BCUT2D eigenvalue weighted by atomic mass is 16.6. The molecule has 0 bridgehead atoms. The van der Waals surface area contributed by atoms with Crippen LogP contribution >= 0.6 is 0 Å². The van der Waals surface area contributed by atoms with Gasteiger partial charge in [0, 0.05) is 19.8 Å². The lowest BCUT2D eigenvalue weighted by molar-refractivity contribution is -0.122. The molecular weight excluding hydrogens is 258 g/mol. The Kier molecular flexibility index (Phi) is 4.37. The highest BCUT2D eigenvalue weighted by Gasteiger charge is 2.50. The van der Waals surface area contributed by atoms with Crippen molar-refractivity contribution in [2.24, 2.45) is 5.92 Å². The molecule has 0 aromatic rings. The maximum atomic E-state index is 12.4. The largest absolute Gasteiger partial charge is 0.444 e. The minimum atomic E-state index is -0.688. The molecule has 0 aliphatic carbocycles. The predicted molar refractivity (Wildman–Crippen MR) is 74.5 cm³/mol. The Balaban J connectivity index is 2.17. The molecule has 2 rings (SSSR count). The quantitative estimate of drug-likeness (QED) is 0.730. The van der Waals surface area contributed by atoms with Crippen LogP contribution in [0.5, 0.6) is 0 Å². The zero-order valence-electron chi connectivity index (χ0n) is 12.7. The highest BCUT2D eigenvalue weighted by Crippen LogP contribution is 2.40. The molecule has 0 radical (unpaired) electrons. The summed E-state index contributed by atoms with van der Waals surface area (Å²) in [6.07, 6.45) is 3.86. The second-order valence-corrected chi connectivity index (χ2v) is 6.73. The summed E-state index contributed by atoms with van der Waals surface area (Å²) in [5.41, 5.74) is -1.23. The van der Waals surface area contributed by atoms with E-state index in [0.717, 1.165) is 32.0 Å². The Labute approximate surface area is 120 Å². The molecule has 0 saturated carbocycles. The predicted octanol–water partition coefficient (Wildman–Crippen LogP) is 2.38. The molecule has 114 valence electrons. The van der Waals surface area contributed by atoms with Crippen LogP contribution in [-0.4, -0.2) is 48.2 Å². The number of carbonyl (C=O) groups is 2. The van der Waals surface area contributed by atoms with Crippen LogP contribution < -0.4 is 0 Å². The van der Waals surface area contributed by atoms with Crippen LogP contribution in [0.2, 0.25) is 0 Å². The van der Waals surface area contributed by atoms with Crippen molar-refractivity contribution in [2.45, 2.75) is 57.6 Å². The lowest BCUT2D eigenvalue weighted by atomic mass is 9.78. The number of carbonyl (C=O) groups excluding carboxylic acids is 2. The first-order valence-corrected chi connectivity index (χ1v) is 7.44. The van der Waals surface area contributed by atoms with Gasteiger partial charge in [-0.25, -0.2) is 4.79 Å². The van der Waals surface area contributed by atoms with E-state index >= 15 is 0 Å². The van der Waals surface area contributed by atoms with Gasteiger partial charge in [0.15, 0.2) is 0 Å². The van der Waals surface area contributed by atoms with Crippen molar-refractivity contribution in [2.75, 3.05) is 19.8 Å². The Morgan fingerprint density at radius 2 is 2.00 bits per heavy atom. The van der Waals surface area contributed by atoms with Crippen molar-refractivity contribution >= 4 is 12.4 Å². The summed E-state index contributed by atoms with van der Waals surface area (Å²) >= 11 is 0. The summed E-state index contributed by atoms with van der Waals surface area (Å²) in [5.74, 6) is 0.184. The summed E-state index contributed by atoms with van der Waals surface area (Å²) in [7, 11) is 0. The molecule has 1 amide bonds. The number of nitrogens with zero attached hydrogens (tertiary/aromatic N) is 1. The highest BCUT2D eigenvalue weighted by molar-refractivity contribution is 5.78. The molecule has 2 aliphatic heterocycles. The van der Waals surface area contributed by atoms with Crippen LogP contribution in [0.15, 0.2) is 0 Å². The molecule has 0 N–H and O–H groups in total. The lowest BCUT2D eigenvalue weighted by Crippen LogP contribution is -2.55. The van der Waals surface area contributed by atoms with E-state index in [4.69, 9.17) is 9.47 Å². The van der Waals surface area contributed by atoms with Crippen molar-refractivity contribution in [3.8, 4) is 0 Å². The second-order valence-electron chi connectivity index (χ2n) is 6.73. The van der Waals surface area contributed by atoms with Crippen molar-refractivity contribution < 1.29 is 19.1 Å². The number of ether oxygens (including phenoxy) is 2. The first kappa shape index (κ1) is 15.3. The Hall–Kier alpha value is -1.10. The Morgan fingerprint density at radius 1 is 1.35 bits per heavy atom. The van der Waals surface area contributed by atoms with Gasteiger partial charge in [-0.05, 0) is 52.4 Å². The van der Waals surface area contributed by atoms with Gasteiger partial charge in [0.25, 0.3) is 0 Å². The molecule has 5 nitrogen and oxygen atoms in total. The number of amides is 1. The second kappa shape index (κ2) is 5.72. The van der Waals surface area contributed by atoms with Crippen LogP contribution in [0.25, 0.3) is 0 Å². The fraction of sp³-hybridized carbons (Fsp3) is 0.867. The van der Waals surface area contributed by atoms with Crippen LogP contribution in [0, 0.1) is 5.92 Å². The van der Waals surface area contributed by atoms with Crippen LogP contribution in [0.1, 0.15) is 46.5 Å². The number of aldehydes is 1. The van der Waals surface area contributed by atoms with Gasteiger partial charge in [-0.15, -0.1) is 0 Å². The number of hydrogen-bond donors (Lipinski definition) is 0. The molecule has 5 heteroatoms. The van der Waals surface area contributed by atoms with Gasteiger partial charge < -0.3 is 14.3 Å². The van der Waals surface area contributed by atoms with E-state index in [-0.39, 0.29) is 12.0 Å². The van der Waals surface area contributed by atoms with E-state index in [2.05, 4.69) is 0 Å². The monoisotopic (exact) mass is 283 g/mol. The molecule has 0 aromatic carbocycles. The zero-order valence-corrected chi connectivity index (χ0v) is 12.7. The Bertz CT molecular complexity index is 371. The molecule has 2 saturated heterocycles. The van der Waals surface area contributed by atoms with E-state index < -0.39 is 11.1 Å². The smallest absolute Gasteiger partial charge is 0.411 e. The fourth-order valence-electron chi connectivity index (χ4n) is 3.28. The van der Waals surface area contributed by atoms with E-state index in [1.165, 1.54) is 0 Å². The third-order valence-corrected chi connectivity index (χ3v) is 4.21. The first-order valence-electron chi connectivity index (χ1n) is 7.44. The van der Waals surface area contributed by atoms with E-state index in [1.54, 1.807) is 4.90 Å². The lowest BCUT2D eigenvalue weighted by Gasteiger charge is -2.42. The van der Waals surface area contributed by atoms with E-state index in [1.807, 2.05) is 20.8 Å². The molecule has 0 spiro atoms. The summed E-state index contributed by atoms with van der Waals surface area (Å²) in [6, 6.07) is 0. The molecule has 2 heterocycles. The maximum absolute atomic E-state index is 12.4. The van der Waals surface area contributed by atoms with Crippen LogP contribution in [0.4, 0.5) is 4.79 Å². The maximum Gasteiger partial charge on any atom is 0.411 e. The van der Waals surface area contributed by atoms with Gasteiger partial charge in [0.1, 0.15) is 17.4 Å². The topological polar surface area (TPSA) is 55.8 Å². The van der Waals surface area contributed by atoms with Gasteiger partial charge in [-0.2, -0.15) is 0 Å². The molecule has 1 atom stereocenters. The number of rotatable bonds is 2. The van der Waals surface area contributed by atoms with Gasteiger partial charge in [0.2, 0.25) is 0 Å². The summed E-state index contributed by atoms with van der Waals surface area (Å²) in [4.78, 5) is 25.9. The Morgan fingerprint density at radius 3 is 2.55 bits per heavy atom. The van der Waals surface area contributed by atoms with Crippen molar-refractivity contribution in [1.29, 1.82) is 0 Å². The minimum absolute atomic E-state index is 0.184. The fourth-order valence-corrected chi connectivity index (χ4v) is 3.28. The molecule has 0 aromatic heterocycles.